The number of ether oxygens (including phenoxy) is 3. The molecule has 3 atom stereocenters. The lowest BCUT2D eigenvalue weighted by Crippen LogP contribution is -2.38. The van der Waals surface area contributed by atoms with Gasteiger partial charge in [-0.2, -0.15) is 0 Å². The molecule has 0 aromatic heterocycles. The first-order valence-electron chi connectivity index (χ1n) is 9.91. The Balaban J connectivity index is 1.56. The first-order chi connectivity index (χ1) is 13.2. The zero-order valence-corrected chi connectivity index (χ0v) is 13.9. The molecule has 0 amide bonds. The molecule has 2 aliphatic rings. The Morgan fingerprint density at radius 3 is 2.88 bits per heavy atom. The maximum Gasteiger partial charge on any atom is 0.238 e. The molecule has 0 bridgehead atoms. The van der Waals surface area contributed by atoms with Crippen molar-refractivity contribution in [2.75, 3.05) is 19.6 Å². The molecule has 1 unspecified atom stereocenters. The topological polar surface area (TPSA) is 39.7 Å². The van der Waals surface area contributed by atoms with E-state index in [4.69, 9.17) is 18.3 Å². The van der Waals surface area contributed by atoms with E-state index in [1.54, 1.807) is 24.3 Å². The van der Waals surface area contributed by atoms with Crippen LogP contribution in [0, 0.1) is 11.7 Å². The summed E-state index contributed by atoms with van der Waals surface area (Å²) in [6.07, 6.45) is -0.765. The number of hydrogen-bond acceptors (Lipinski definition) is 4. The average molecular weight is 346 g/mol. The largest absolute Gasteiger partial charge is 0.493 e. The van der Waals surface area contributed by atoms with Crippen molar-refractivity contribution in [2.45, 2.75) is 25.5 Å². The van der Waals surface area contributed by atoms with Gasteiger partial charge in [-0.15, -0.1) is 0 Å². The quantitative estimate of drug-likeness (QED) is 0.916. The second-order valence-corrected chi connectivity index (χ2v) is 6.28. The predicted molar refractivity (Wildman–Crippen MR) is 92.8 cm³/mol. The van der Waals surface area contributed by atoms with E-state index in [1.165, 1.54) is 25.1 Å². The molecule has 5 heteroatoms. The molecule has 2 aromatic carbocycles. The van der Waals surface area contributed by atoms with Gasteiger partial charge in [0, 0.05) is 25.5 Å². The average Bonchev–Trinajstić information content (AvgIpc) is 2.95. The highest BCUT2D eigenvalue weighted by atomic mass is 19.1. The fourth-order valence-corrected chi connectivity index (χ4v) is 3.28. The second kappa shape index (κ2) is 6.92. The van der Waals surface area contributed by atoms with E-state index in [0.717, 1.165) is 18.5 Å². The summed E-state index contributed by atoms with van der Waals surface area (Å²) in [6, 6.07) is 11.0. The van der Waals surface area contributed by atoms with Crippen molar-refractivity contribution in [1.82, 2.24) is 5.32 Å². The first-order valence-corrected chi connectivity index (χ1v) is 8.41. The molecule has 4 rings (SSSR count). The lowest BCUT2D eigenvalue weighted by Gasteiger charge is -2.32. The van der Waals surface area contributed by atoms with Crippen LogP contribution in [0.5, 0.6) is 17.2 Å². The smallest absolute Gasteiger partial charge is 0.238 e. The summed E-state index contributed by atoms with van der Waals surface area (Å²) in [5.74, 6) is 0.210. The summed E-state index contributed by atoms with van der Waals surface area (Å²) in [4.78, 5) is 0. The number of nitrogens with one attached hydrogen (secondary N) is 1. The molecular formula is C20H22FNO3. The maximum atomic E-state index is 13.3. The first kappa shape index (κ1) is 13.0. The Labute approximate surface area is 151 Å². The van der Waals surface area contributed by atoms with Crippen molar-refractivity contribution in [3.8, 4) is 17.2 Å². The molecule has 1 N–H and O–H groups in total. The third kappa shape index (κ3) is 3.56. The normalized spacial score (nSPS) is 30.2. The Morgan fingerprint density at radius 1 is 1.24 bits per heavy atom. The van der Waals surface area contributed by atoms with Crippen LogP contribution >= 0.6 is 0 Å². The van der Waals surface area contributed by atoms with Crippen molar-refractivity contribution >= 4 is 0 Å². The Morgan fingerprint density at radius 2 is 2.04 bits per heavy atom. The molecular weight excluding hydrogens is 321 g/mol. The van der Waals surface area contributed by atoms with Crippen molar-refractivity contribution in [3.05, 3.63) is 53.8 Å². The Kier molecular flexibility index (Phi) is 3.60. The highest BCUT2D eigenvalue weighted by Gasteiger charge is 2.27. The van der Waals surface area contributed by atoms with Crippen LogP contribution in [0.3, 0.4) is 0 Å². The Bertz CT molecular complexity index is 860. The SMILES string of the molecule is [2H]C1(C)Oc2ccc(OC([2H])([2H])[C@@H]3CNCC[C@H]3c3ccc(F)cc3)cc2O1. The van der Waals surface area contributed by atoms with Gasteiger partial charge in [0.1, 0.15) is 12.9 Å². The summed E-state index contributed by atoms with van der Waals surface area (Å²) < 4.78 is 54.7. The summed E-state index contributed by atoms with van der Waals surface area (Å²) in [7, 11) is 0. The fourth-order valence-electron chi connectivity index (χ4n) is 3.28. The number of benzene rings is 2. The third-order valence-corrected chi connectivity index (χ3v) is 4.53. The summed E-state index contributed by atoms with van der Waals surface area (Å²) in [6.45, 7) is 0.726. The molecule has 0 radical (unpaired) electrons. The summed E-state index contributed by atoms with van der Waals surface area (Å²) >= 11 is 0. The van der Waals surface area contributed by atoms with Crippen LogP contribution in [0.25, 0.3) is 0 Å². The lowest BCUT2D eigenvalue weighted by molar-refractivity contribution is 0.0678. The molecule has 2 aliphatic heterocycles. The maximum absolute atomic E-state index is 13.3. The van der Waals surface area contributed by atoms with Gasteiger partial charge >= 0.3 is 0 Å². The standard InChI is InChI=1S/C20H22FNO3/c1-13-24-19-7-6-17(10-20(19)25-13)23-12-15-11-22-9-8-18(15)14-2-4-16(21)5-3-14/h2-7,10,13,15,18,22H,8-9,11-12H2,1H3/t13?,15-,18-/m0/s1/i12D2,13D. The van der Waals surface area contributed by atoms with Gasteiger partial charge < -0.3 is 19.5 Å². The molecule has 25 heavy (non-hydrogen) atoms. The second-order valence-electron chi connectivity index (χ2n) is 6.28. The van der Waals surface area contributed by atoms with E-state index in [0.29, 0.717) is 23.8 Å². The van der Waals surface area contributed by atoms with Crippen LogP contribution in [0.15, 0.2) is 42.5 Å². The minimum Gasteiger partial charge on any atom is -0.493 e. The number of hydrogen-bond donors (Lipinski definition) is 1. The molecule has 0 spiro atoms. The molecule has 2 aromatic rings. The van der Waals surface area contributed by atoms with Gasteiger partial charge in [0.2, 0.25) is 6.27 Å². The number of piperidine rings is 1. The third-order valence-electron chi connectivity index (χ3n) is 4.53. The van der Waals surface area contributed by atoms with Crippen LogP contribution in [-0.4, -0.2) is 25.9 Å². The van der Waals surface area contributed by atoms with Crippen molar-refractivity contribution in [3.63, 3.8) is 0 Å². The molecule has 0 aliphatic carbocycles. The van der Waals surface area contributed by atoms with E-state index in [9.17, 15) is 4.39 Å². The van der Waals surface area contributed by atoms with Crippen LogP contribution in [0.1, 0.15) is 28.9 Å². The predicted octanol–water partition coefficient (Wildman–Crippen LogP) is 3.72. The van der Waals surface area contributed by atoms with Crippen molar-refractivity contribution in [1.29, 1.82) is 0 Å². The lowest BCUT2D eigenvalue weighted by atomic mass is 9.81. The summed E-state index contributed by atoms with van der Waals surface area (Å²) in [5.41, 5.74) is 0.899. The van der Waals surface area contributed by atoms with Crippen molar-refractivity contribution in [2.24, 2.45) is 5.92 Å². The van der Waals surface area contributed by atoms with Gasteiger partial charge in [0.15, 0.2) is 11.5 Å². The van der Waals surface area contributed by atoms with Gasteiger partial charge in [-0.3, -0.25) is 0 Å². The zero-order valence-electron chi connectivity index (χ0n) is 16.9. The monoisotopic (exact) mass is 346 g/mol. The van der Waals surface area contributed by atoms with Crippen molar-refractivity contribution < 1.29 is 22.7 Å². The van der Waals surface area contributed by atoms with Crippen LogP contribution in [-0.2, 0) is 0 Å². The summed E-state index contributed by atoms with van der Waals surface area (Å²) in [5, 5.41) is 3.23. The zero-order chi connectivity index (χ0) is 19.9. The minimum atomic E-state index is -1.97. The van der Waals surface area contributed by atoms with Gasteiger partial charge in [-0.1, -0.05) is 12.1 Å². The minimum absolute atomic E-state index is 0.0950. The van der Waals surface area contributed by atoms with Gasteiger partial charge in [-0.25, -0.2) is 4.39 Å². The molecule has 2 heterocycles. The number of rotatable bonds is 4. The van der Waals surface area contributed by atoms with Gasteiger partial charge in [0.05, 0.1) is 9.30 Å². The van der Waals surface area contributed by atoms with Crippen LogP contribution in [0.2, 0.25) is 0 Å². The van der Waals surface area contributed by atoms with E-state index in [-0.39, 0.29) is 11.7 Å². The molecule has 1 saturated heterocycles. The fraction of sp³-hybridized carbons (Fsp3) is 0.400. The Hall–Kier alpha value is -2.27. The molecule has 0 saturated carbocycles. The van der Waals surface area contributed by atoms with Gasteiger partial charge in [-0.05, 0) is 48.7 Å². The molecule has 132 valence electrons. The highest BCUT2D eigenvalue weighted by Crippen LogP contribution is 2.38. The molecule has 1 fully saturated rings. The molecule has 4 nitrogen and oxygen atoms in total. The van der Waals surface area contributed by atoms with Crippen LogP contribution in [0.4, 0.5) is 4.39 Å². The number of halogens is 1. The van der Waals surface area contributed by atoms with E-state index >= 15 is 0 Å². The number of fused-ring (bicyclic) bond motifs is 1. The van der Waals surface area contributed by atoms with E-state index < -0.39 is 18.7 Å². The highest BCUT2D eigenvalue weighted by molar-refractivity contribution is 5.47. The van der Waals surface area contributed by atoms with Gasteiger partial charge in [0.25, 0.3) is 0 Å². The van der Waals surface area contributed by atoms with E-state index in [1.807, 2.05) is 0 Å². The van der Waals surface area contributed by atoms with E-state index in [2.05, 4.69) is 5.32 Å². The van der Waals surface area contributed by atoms with Crippen LogP contribution < -0.4 is 19.5 Å².